The number of benzene rings is 2. The number of carbonyl (C=O) groups is 1. The first-order valence-electron chi connectivity index (χ1n) is 6.74. The van der Waals surface area contributed by atoms with E-state index in [1.165, 1.54) is 0 Å². The van der Waals surface area contributed by atoms with Crippen LogP contribution in [0.3, 0.4) is 0 Å². The molecule has 0 saturated heterocycles. The number of urea groups is 1. The summed E-state index contributed by atoms with van der Waals surface area (Å²) < 4.78 is 11.5. The minimum Gasteiger partial charge on any atom is -0.497 e. The van der Waals surface area contributed by atoms with Gasteiger partial charge in [-0.1, -0.05) is 15.9 Å². The summed E-state index contributed by atoms with van der Waals surface area (Å²) in [6, 6.07) is 14.4. The van der Waals surface area contributed by atoms with Gasteiger partial charge in [0.25, 0.3) is 0 Å². The smallest absolute Gasteiger partial charge is 0.319 e. The summed E-state index contributed by atoms with van der Waals surface area (Å²) in [6.07, 6.45) is 0. The second kappa shape index (κ2) is 8.29. The van der Waals surface area contributed by atoms with Crippen LogP contribution in [0.15, 0.2) is 53.0 Å². The Labute approximate surface area is 137 Å². The molecule has 0 aliphatic heterocycles. The number of hydrogen-bond donors (Lipinski definition) is 2. The van der Waals surface area contributed by atoms with Crippen molar-refractivity contribution in [2.45, 2.75) is 0 Å². The van der Waals surface area contributed by atoms with Gasteiger partial charge >= 0.3 is 6.03 Å². The molecule has 0 unspecified atom stereocenters. The third kappa shape index (κ3) is 5.29. The van der Waals surface area contributed by atoms with Crippen molar-refractivity contribution in [3.05, 3.63) is 53.0 Å². The summed E-state index contributed by atoms with van der Waals surface area (Å²) in [4.78, 5) is 11.7. The van der Waals surface area contributed by atoms with Crippen molar-refractivity contribution in [2.24, 2.45) is 0 Å². The topological polar surface area (TPSA) is 59.6 Å². The van der Waals surface area contributed by atoms with Crippen molar-refractivity contribution in [1.82, 2.24) is 5.32 Å². The van der Waals surface area contributed by atoms with Crippen molar-refractivity contribution in [3.63, 3.8) is 0 Å². The first kappa shape index (κ1) is 16.2. The Morgan fingerprint density at radius 1 is 1.05 bits per heavy atom. The molecule has 6 heteroatoms. The molecule has 2 aromatic rings. The van der Waals surface area contributed by atoms with Crippen molar-refractivity contribution in [1.29, 1.82) is 0 Å². The van der Waals surface area contributed by atoms with Gasteiger partial charge in [0, 0.05) is 10.2 Å². The summed E-state index contributed by atoms with van der Waals surface area (Å²) in [5, 5.41) is 5.47. The maximum atomic E-state index is 11.7. The van der Waals surface area contributed by atoms with Crippen molar-refractivity contribution >= 4 is 27.6 Å². The number of methoxy groups -OCH3 is 1. The maximum Gasteiger partial charge on any atom is 0.319 e. The average molecular weight is 365 g/mol. The molecule has 0 heterocycles. The zero-order valence-corrected chi connectivity index (χ0v) is 13.7. The molecule has 0 bridgehead atoms. The zero-order valence-electron chi connectivity index (χ0n) is 12.1. The van der Waals surface area contributed by atoms with Crippen LogP contribution in [0.2, 0.25) is 0 Å². The molecule has 0 aliphatic carbocycles. The fourth-order valence-corrected chi connectivity index (χ4v) is 1.98. The number of carbonyl (C=O) groups excluding carboxylic acids is 1. The highest BCUT2D eigenvalue weighted by Crippen LogP contribution is 2.16. The molecule has 116 valence electrons. The lowest BCUT2D eigenvalue weighted by atomic mass is 10.3. The minimum absolute atomic E-state index is 0.263. The fourth-order valence-electron chi connectivity index (χ4n) is 1.71. The first-order valence-corrected chi connectivity index (χ1v) is 7.54. The van der Waals surface area contributed by atoms with Gasteiger partial charge in [0.1, 0.15) is 18.1 Å². The fraction of sp³-hybridized carbons (Fsp3) is 0.188. The minimum atomic E-state index is -0.263. The molecule has 22 heavy (non-hydrogen) atoms. The molecule has 2 amide bonds. The highest BCUT2D eigenvalue weighted by Gasteiger charge is 2.01. The molecule has 0 spiro atoms. The van der Waals surface area contributed by atoms with Crippen LogP contribution in [-0.2, 0) is 0 Å². The molecular weight excluding hydrogens is 348 g/mol. The third-order valence-electron chi connectivity index (χ3n) is 2.82. The van der Waals surface area contributed by atoms with Gasteiger partial charge in [-0.25, -0.2) is 4.79 Å². The summed E-state index contributed by atoms with van der Waals surface area (Å²) in [5.41, 5.74) is 0.733. The Hall–Kier alpha value is -2.21. The third-order valence-corrected chi connectivity index (χ3v) is 3.35. The van der Waals surface area contributed by atoms with Crippen LogP contribution in [0, 0.1) is 0 Å². The van der Waals surface area contributed by atoms with Gasteiger partial charge < -0.3 is 20.1 Å². The molecule has 2 rings (SSSR count). The van der Waals surface area contributed by atoms with Gasteiger partial charge in [0.2, 0.25) is 0 Å². The van der Waals surface area contributed by atoms with E-state index in [-0.39, 0.29) is 6.03 Å². The number of hydrogen-bond acceptors (Lipinski definition) is 3. The Morgan fingerprint density at radius 3 is 2.32 bits per heavy atom. The van der Waals surface area contributed by atoms with Crippen LogP contribution in [0.4, 0.5) is 10.5 Å². The van der Waals surface area contributed by atoms with Gasteiger partial charge in [-0.3, -0.25) is 0 Å². The number of anilines is 1. The molecular formula is C16H17BrN2O3. The van der Waals surface area contributed by atoms with Crippen molar-refractivity contribution < 1.29 is 14.3 Å². The molecule has 0 atom stereocenters. The monoisotopic (exact) mass is 364 g/mol. The highest BCUT2D eigenvalue weighted by atomic mass is 79.9. The van der Waals surface area contributed by atoms with Crippen molar-refractivity contribution in [3.8, 4) is 11.5 Å². The molecule has 0 saturated carbocycles. The predicted molar refractivity (Wildman–Crippen MR) is 89.7 cm³/mol. The van der Waals surface area contributed by atoms with Crippen LogP contribution in [-0.4, -0.2) is 26.3 Å². The highest BCUT2D eigenvalue weighted by molar-refractivity contribution is 9.10. The summed E-state index contributed by atoms with van der Waals surface area (Å²) in [6.45, 7) is 0.800. The van der Waals surface area contributed by atoms with Gasteiger partial charge in [-0.2, -0.15) is 0 Å². The predicted octanol–water partition coefficient (Wildman–Crippen LogP) is 3.66. The second-order valence-electron chi connectivity index (χ2n) is 4.41. The Kier molecular flexibility index (Phi) is 6.09. The van der Waals surface area contributed by atoms with E-state index < -0.39 is 0 Å². The molecule has 5 nitrogen and oxygen atoms in total. The van der Waals surface area contributed by atoms with Gasteiger partial charge in [-0.05, 0) is 48.5 Å². The molecule has 0 aliphatic rings. The van der Waals surface area contributed by atoms with E-state index >= 15 is 0 Å². The second-order valence-corrected chi connectivity index (χ2v) is 5.33. The van der Waals surface area contributed by atoms with Crippen LogP contribution >= 0.6 is 15.9 Å². The quantitative estimate of drug-likeness (QED) is 0.769. The van der Waals surface area contributed by atoms with E-state index in [1.54, 1.807) is 7.11 Å². The lowest BCUT2D eigenvalue weighted by Gasteiger charge is -2.09. The van der Waals surface area contributed by atoms with Crippen LogP contribution in [0.1, 0.15) is 0 Å². The molecule has 0 radical (unpaired) electrons. The average Bonchev–Trinajstić information content (AvgIpc) is 2.54. The van der Waals surface area contributed by atoms with Gasteiger partial charge in [0.15, 0.2) is 0 Å². The Morgan fingerprint density at radius 2 is 1.68 bits per heavy atom. The number of nitrogens with one attached hydrogen (secondary N) is 2. The SMILES string of the molecule is COc1ccc(OCCNC(=O)Nc2ccc(Br)cc2)cc1. The zero-order chi connectivity index (χ0) is 15.8. The molecule has 2 aromatic carbocycles. The summed E-state index contributed by atoms with van der Waals surface area (Å²) >= 11 is 3.34. The maximum absolute atomic E-state index is 11.7. The van der Waals surface area contributed by atoms with E-state index in [4.69, 9.17) is 9.47 Å². The Bertz CT molecular complexity index is 600. The van der Waals surface area contributed by atoms with E-state index in [2.05, 4.69) is 26.6 Å². The van der Waals surface area contributed by atoms with Crippen LogP contribution in [0.25, 0.3) is 0 Å². The van der Waals surface area contributed by atoms with E-state index in [0.29, 0.717) is 13.2 Å². The summed E-state index contributed by atoms with van der Waals surface area (Å²) in [5.74, 6) is 1.51. The Balaban J connectivity index is 1.67. The normalized spacial score (nSPS) is 9.91. The molecule has 0 aromatic heterocycles. The number of amides is 2. The van der Waals surface area contributed by atoms with Crippen LogP contribution < -0.4 is 20.1 Å². The number of rotatable bonds is 6. The standard InChI is InChI=1S/C16H17BrN2O3/c1-21-14-6-8-15(9-7-14)22-11-10-18-16(20)19-13-4-2-12(17)3-5-13/h2-9H,10-11H2,1H3,(H2,18,19,20). The lowest BCUT2D eigenvalue weighted by molar-refractivity contribution is 0.247. The van der Waals surface area contributed by atoms with E-state index in [9.17, 15) is 4.79 Å². The van der Waals surface area contributed by atoms with Crippen molar-refractivity contribution in [2.75, 3.05) is 25.6 Å². The first-order chi connectivity index (χ1) is 10.7. The van der Waals surface area contributed by atoms with Crippen LogP contribution in [0.5, 0.6) is 11.5 Å². The number of halogens is 1. The summed E-state index contributed by atoms with van der Waals surface area (Å²) in [7, 11) is 1.61. The number of ether oxygens (including phenoxy) is 2. The molecule has 0 fully saturated rings. The van der Waals surface area contributed by atoms with Gasteiger partial charge in [0.05, 0.1) is 13.7 Å². The van der Waals surface area contributed by atoms with E-state index in [1.807, 2.05) is 48.5 Å². The van der Waals surface area contributed by atoms with E-state index in [0.717, 1.165) is 21.7 Å². The largest absolute Gasteiger partial charge is 0.497 e. The lowest BCUT2D eigenvalue weighted by Crippen LogP contribution is -2.32. The molecule has 2 N–H and O–H groups in total. The van der Waals surface area contributed by atoms with Gasteiger partial charge in [-0.15, -0.1) is 0 Å².